The highest BCUT2D eigenvalue weighted by Gasteiger charge is 2.16. The Balaban J connectivity index is 1.45. The Morgan fingerprint density at radius 2 is 1.65 bits per heavy atom. The first-order valence-electron chi connectivity index (χ1n) is 9.17. The van der Waals surface area contributed by atoms with Gasteiger partial charge in [-0.3, -0.25) is 9.59 Å². The number of benzene rings is 2. The van der Waals surface area contributed by atoms with Crippen LogP contribution < -0.4 is 10.9 Å². The molecule has 31 heavy (non-hydrogen) atoms. The summed E-state index contributed by atoms with van der Waals surface area (Å²) in [5.74, 6) is -1.56. The normalized spacial score (nSPS) is 10.8. The summed E-state index contributed by atoms with van der Waals surface area (Å²) in [6.07, 6.45) is 0. The Kier molecular flexibility index (Phi) is 5.61. The summed E-state index contributed by atoms with van der Waals surface area (Å²) < 4.78 is 32.1. The van der Waals surface area contributed by atoms with Crippen LogP contribution in [0.15, 0.2) is 70.0 Å². The minimum atomic E-state index is -0.608. The topological polar surface area (TPSA) is 103 Å². The third-order valence-electron chi connectivity index (χ3n) is 4.33. The minimum Gasteiger partial charge on any atom is -0.344 e. The van der Waals surface area contributed by atoms with Crippen LogP contribution in [0.5, 0.6) is 0 Å². The molecule has 10 heteroatoms. The fourth-order valence-corrected chi connectivity index (χ4v) is 2.74. The molecule has 156 valence electrons. The van der Waals surface area contributed by atoms with Gasteiger partial charge in [0.05, 0.1) is 5.69 Å². The summed E-state index contributed by atoms with van der Waals surface area (Å²) in [5, 5.41) is 10.5. The molecule has 0 radical (unpaired) electrons. The zero-order valence-corrected chi connectivity index (χ0v) is 16.0. The number of nitrogens with one attached hydrogen (secondary N) is 1. The van der Waals surface area contributed by atoms with E-state index in [0.29, 0.717) is 16.8 Å². The summed E-state index contributed by atoms with van der Waals surface area (Å²) >= 11 is 0. The van der Waals surface area contributed by atoms with E-state index in [4.69, 9.17) is 4.52 Å². The fraction of sp³-hybridized carbons (Fsp3) is 0.0952. The van der Waals surface area contributed by atoms with Crippen molar-refractivity contribution < 1.29 is 18.1 Å². The van der Waals surface area contributed by atoms with Gasteiger partial charge in [-0.2, -0.15) is 10.1 Å². The molecule has 0 aliphatic rings. The zero-order valence-electron chi connectivity index (χ0n) is 16.0. The van der Waals surface area contributed by atoms with Crippen LogP contribution >= 0.6 is 0 Å². The number of aromatic nitrogens is 4. The van der Waals surface area contributed by atoms with Crippen molar-refractivity contribution in [3.05, 3.63) is 99.9 Å². The molecule has 1 amide bonds. The molecule has 8 nitrogen and oxygen atoms in total. The summed E-state index contributed by atoms with van der Waals surface area (Å²) in [7, 11) is 0. The molecule has 0 aliphatic carbocycles. The van der Waals surface area contributed by atoms with Crippen molar-refractivity contribution >= 4 is 5.91 Å². The lowest BCUT2D eigenvalue weighted by molar-refractivity contribution is 0.0907. The zero-order chi connectivity index (χ0) is 21.8. The highest BCUT2D eigenvalue weighted by Crippen LogP contribution is 2.15. The molecule has 0 atom stereocenters. The van der Waals surface area contributed by atoms with Crippen molar-refractivity contribution in [1.82, 2.24) is 25.2 Å². The number of rotatable bonds is 6. The SMILES string of the molecule is O=C(NCc1ccc(F)cc1)c1nc(Cn2nc(-c3ccc(F)cc3)ccc2=O)no1. The first-order valence-corrected chi connectivity index (χ1v) is 9.17. The summed E-state index contributed by atoms with van der Waals surface area (Å²) in [6, 6.07) is 14.2. The Morgan fingerprint density at radius 3 is 2.35 bits per heavy atom. The number of carbonyl (C=O) groups excluding carboxylic acids is 1. The van der Waals surface area contributed by atoms with Gasteiger partial charge in [0.2, 0.25) is 0 Å². The highest BCUT2D eigenvalue weighted by molar-refractivity contribution is 5.89. The van der Waals surface area contributed by atoms with Crippen molar-refractivity contribution in [3.63, 3.8) is 0 Å². The van der Waals surface area contributed by atoms with Gasteiger partial charge in [-0.25, -0.2) is 13.5 Å². The summed E-state index contributed by atoms with van der Waals surface area (Å²) in [4.78, 5) is 28.3. The monoisotopic (exact) mass is 423 g/mol. The Labute approximate surface area is 174 Å². The van der Waals surface area contributed by atoms with Crippen LogP contribution in [0.1, 0.15) is 22.1 Å². The molecule has 0 saturated carbocycles. The molecule has 0 unspecified atom stereocenters. The molecular formula is C21H15F2N5O3. The van der Waals surface area contributed by atoms with Crippen LogP contribution in [-0.4, -0.2) is 25.8 Å². The Morgan fingerprint density at radius 1 is 0.968 bits per heavy atom. The Bertz CT molecular complexity index is 1270. The summed E-state index contributed by atoms with van der Waals surface area (Å²) in [6.45, 7) is 0.0279. The third kappa shape index (κ3) is 4.86. The maximum absolute atomic E-state index is 13.1. The number of carbonyl (C=O) groups is 1. The predicted octanol–water partition coefficient (Wildman–Crippen LogP) is 2.55. The maximum Gasteiger partial charge on any atom is 0.316 e. The smallest absolute Gasteiger partial charge is 0.316 e. The molecule has 0 bridgehead atoms. The largest absolute Gasteiger partial charge is 0.344 e. The van der Waals surface area contributed by atoms with Gasteiger partial charge < -0.3 is 9.84 Å². The molecule has 0 aliphatic heterocycles. The van der Waals surface area contributed by atoms with Crippen molar-refractivity contribution in [3.8, 4) is 11.3 Å². The van der Waals surface area contributed by atoms with E-state index in [1.807, 2.05) is 0 Å². The van der Waals surface area contributed by atoms with Gasteiger partial charge in [0.1, 0.15) is 18.2 Å². The average Bonchev–Trinajstić information content (AvgIpc) is 3.24. The van der Waals surface area contributed by atoms with Gasteiger partial charge in [0.15, 0.2) is 5.82 Å². The number of hydrogen-bond acceptors (Lipinski definition) is 6. The number of nitrogens with zero attached hydrogens (tertiary/aromatic N) is 4. The van der Waals surface area contributed by atoms with E-state index in [0.717, 1.165) is 4.68 Å². The van der Waals surface area contributed by atoms with E-state index in [-0.39, 0.29) is 36.4 Å². The molecule has 0 spiro atoms. The molecule has 0 fully saturated rings. The van der Waals surface area contributed by atoms with Crippen LogP contribution in [0.3, 0.4) is 0 Å². The van der Waals surface area contributed by atoms with Gasteiger partial charge in [-0.05, 0) is 48.0 Å². The van der Waals surface area contributed by atoms with Crippen LogP contribution in [0.2, 0.25) is 0 Å². The van der Waals surface area contributed by atoms with E-state index < -0.39 is 11.5 Å². The lowest BCUT2D eigenvalue weighted by Gasteiger charge is -2.05. The fourth-order valence-electron chi connectivity index (χ4n) is 2.74. The second kappa shape index (κ2) is 8.66. The van der Waals surface area contributed by atoms with Crippen LogP contribution in [0.4, 0.5) is 8.78 Å². The van der Waals surface area contributed by atoms with E-state index in [1.54, 1.807) is 24.3 Å². The number of amides is 1. The first kappa shape index (κ1) is 20.1. The number of halogens is 2. The van der Waals surface area contributed by atoms with Crippen LogP contribution in [-0.2, 0) is 13.1 Å². The van der Waals surface area contributed by atoms with Crippen LogP contribution in [0, 0.1) is 11.6 Å². The second-order valence-corrected chi connectivity index (χ2v) is 6.55. The molecule has 4 aromatic rings. The first-order chi connectivity index (χ1) is 15.0. The Hall–Kier alpha value is -4.21. The average molecular weight is 423 g/mol. The van der Waals surface area contributed by atoms with Crippen molar-refractivity contribution in [2.45, 2.75) is 13.1 Å². The molecule has 2 aromatic heterocycles. The van der Waals surface area contributed by atoms with Gasteiger partial charge in [0, 0.05) is 18.2 Å². The standard InChI is InChI=1S/C21H15F2N5O3/c22-15-5-1-13(2-6-15)11-24-20(30)21-25-18(27-31-21)12-28-19(29)10-9-17(26-28)14-3-7-16(23)8-4-14/h1-10H,11-12H2,(H,24,30). The van der Waals surface area contributed by atoms with Crippen molar-refractivity contribution in [1.29, 1.82) is 0 Å². The predicted molar refractivity (Wildman–Crippen MR) is 105 cm³/mol. The molecular weight excluding hydrogens is 408 g/mol. The lowest BCUT2D eigenvalue weighted by Crippen LogP contribution is -2.24. The van der Waals surface area contributed by atoms with Gasteiger partial charge in [0.25, 0.3) is 5.56 Å². The third-order valence-corrected chi connectivity index (χ3v) is 4.33. The lowest BCUT2D eigenvalue weighted by atomic mass is 10.1. The molecule has 2 heterocycles. The molecule has 0 saturated heterocycles. The van der Waals surface area contributed by atoms with Gasteiger partial charge in [-0.1, -0.05) is 17.3 Å². The van der Waals surface area contributed by atoms with Gasteiger partial charge in [-0.15, -0.1) is 0 Å². The second-order valence-electron chi connectivity index (χ2n) is 6.55. The number of hydrogen-bond donors (Lipinski definition) is 1. The molecule has 1 N–H and O–H groups in total. The van der Waals surface area contributed by atoms with E-state index in [1.165, 1.54) is 36.4 Å². The molecule has 2 aromatic carbocycles. The molecule has 4 rings (SSSR count). The van der Waals surface area contributed by atoms with Crippen LogP contribution in [0.25, 0.3) is 11.3 Å². The summed E-state index contributed by atoms with van der Waals surface area (Å²) in [5.41, 5.74) is 1.38. The maximum atomic E-state index is 13.1. The van der Waals surface area contributed by atoms with Gasteiger partial charge >= 0.3 is 11.8 Å². The van der Waals surface area contributed by atoms with E-state index >= 15 is 0 Å². The van der Waals surface area contributed by atoms with E-state index in [2.05, 4.69) is 20.6 Å². The minimum absolute atomic E-state index is 0.0813. The van der Waals surface area contributed by atoms with E-state index in [9.17, 15) is 18.4 Å². The quantitative estimate of drug-likeness (QED) is 0.511. The highest BCUT2D eigenvalue weighted by atomic mass is 19.1. The van der Waals surface area contributed by atoms with Crippen molar-refractivity contribution in [2.75, 3.05) is 0 Å². The van der Waals surface area contributed by atoms with Crippen molar-refractivity contribution in [2.24, 2.45) is 0 Å².